The van der Waals surface area contributed by atoms with Crippen LogP contribution in [0.25, 0.3) is 0 Å². The summed E-state index contributed by atoms with van der Waals surface area (Å²) in [5.74, 6) is -0.911. The van der Waals surface area contributed by atoms with E-state index in [2.05, 4.69) is 0 Å². The zero-order valence-corrected chi connectivity index (χ0v) is 11.7. The van der Waals surface area contributed by atoms with Gasteiger partial charge in [-0.2, -0.15) is 0 Å². The van der Waals surface area contributed by atoms with Gasteiger partial charge in [0.2, 0.25) is 0 Å². The third kappa shape index (κ3) is 3.30. The van der Waals surface area contributed by atoms with Crippen molar-refractivity contribution in [2.45, 2.75) is 25.9 Å². The molecule has 0 bridgehead atoms. The second-order valence-corrected chi connectivity index (χ2v) is 5.33. The van der Waals surface area contributed by atoms with E-state index in [0.29, 0.717) is 18.8 Å². The normalized spacial score (nSPS) is 17.5. The minimum atomic E-state index is -1.10. The molecule has 7 nitrogen and oxygen atoms in total. The van der Waals surface area contributed by atoms with E-state index >= 15 is 0 Å². The Morgan fingerprint density at radius 2 is 2.05 bits per heavy atom. The fraction of sp³-hybridized carbons (Fsp3) is 0.500. The first-order valence-corrected chi connectivity index (χ1v) is 6.85. The van der Waals surface area contributed by atoms with Gasteiger partial charge >= 0.3 is 5.97 Å². The Hall–Kier alpha value is -2.15. The lowest BCUT2D eigenvalue weighted by Crippen LogP contribution is -2.37. The first-order chi connectivity index (χ1) is 9.90. The molecule has 114 valence electrons. The second kappa shape index (κ2) is 6.09. The zero-order valence-electron chi connectivity index (χ0n) is 11.7. The van der Waals surface area contributed by atoms with Gasteiger partial charge in [0, 0.05) is 25.2 Å². The molecule has 1 fully saturated rings. The summed E-state index contributed by atoms with van der Waals surface area (Å²) < 4.78 is 0. The topological polar surface area (TPSA) is 104 Å². The van der Waals surface area contributed by atoms with Gasteiger partial charge in [-0.25, -0.2) is 4.79 Å². The molecule has 1 aliphatic heterocycles. The molecule has 2 rings (SSSR count). The highest BCUT2D eigenvalue weighted by Crippen LogP contribution is 2.30. The van der Waals surface area contributed by atoms with Crippen molar-refractivity contribution in [2.75, 3.05) is 18.0 Å². The molecule has 2 N–H and O–H groups in total. The molecule has 0 radical (unpaired) electrons. The lowest BCUT2D eigenvalue weighted by molar-refractivity contribution is -0.384. The van der Waals surface area contributed by atoms with Crippen LogP contribution in [0.4, 0.5) is 11.4 Å². The third-order valence-corrected chi connectivity index (χ3v) is 3.99. The van der Waals surface area contributed by atoms with E-state index < -0.39 is 17.0 Å². The van der Waals surface area contributed by atoms with E-state index in [-0.39, 0.29) is 17.2 Å². The number of aliphatic hydroxyl groups excluding tert-OH is 1. The van der Waals surface area contributed by atoms with Crippen molar-refractivity contribution in [3.8, 4) is 0 Å². The number of aromatic carboxylic acids is 1. The Bertz CT molecular complexity index is 550. The first-order valence-electron chi connectivity index (χ1n) is 6.85. The quantitative estimate of drug-likeness (QED) is 0.649. The number of rotatable bonds is 4. The molecular formula is C14H18N2O5. The lowest BCUT2D eigenvalue weighted by Gasteiger charge is -2.35. The van der Waals surface area contributed by atoms with Crippen LogP contribution in [0.3, 0.4) is 0 Å². The number of aliphatic hydroxyl groups is 1. The zero-order chi connectivity index (χ0) is 15.6. The number of carbonyl (C=O) groups is 1. The summed E-state index contributed by atoms with van der Waals surface area (Å²) in [6.07, 6.45) is 1.08. The van der Waals surface area contributed by atoms with Gasteiger partial charge in [-0.1, -0.05) is 0 Å². The molecule has 1 unspecified atom stereocenters. The average Bonchev–Trinajstić information content (AvgIpc) is 2.46. The monoisotopic (exact) mass is 294 g/mol. The first kappa shape index (κ1) is 15.2. The van der Waals surface area contributed by atoms with E-state index in [4.69, 9.17) is 0 Å². The highest BCUT2D eigenvalue weighted by atomic mass is 16.6. The van der Waals surface area contributed by atoms with Crippen LogP contribution < -0.4 is 4.90 Å². The van der Waals surface area contributed by atoms with E-state index in [1.54, 1.807) is 6.92 Å². The molecule has 0 aromatic heterocycles. The maximum atomic E-state index is 11.3. The molecule has 0 aliphatic carbocycles. The van der Waals surface area contributed by atoms with Gasteiger partial charge in [-0.05, 0) is 31.7 Å². The minimum absolute atomic E-state index is 0.0658. The van der Waals surface area contributed by atoms with Crippen molar-refractivity contribution < 1.29 is 19.9 Å². The molecular weight excluding hydrogens is 276 g/mol. The Morgan fingerprint density at radius 3 is 2.52 bits per heavy atom. The van der Waals surface area contributed by atoms with Crippen LogP contribution in [0.2, 0.25) is 0 Å². The van der Waals surface area contributed by atoms with Gasteiger partial charge in [0.1, 0.15) is 0 Å². The molecule has 1 aromatic carbocycles. The predicted molar refractivity (Wildman–Crippen MR) is 76.7 cm³/mol. The number of nitro groups is 1. The summed E-state index contributed by atoms with van der Waals surface area (Å²) in [5.41, 5.74) is 0.324. The molecule has 1 aliphatic rings. The Balaban J connectivity index is 2.27. The maximum Gasteiger partial charge on any atom is 0.337 e. The molecule has 1 aromatic rings. The largest absolute Gasteiger partial charge is 0.478 e. The van der Waals surface area contributed by atoms with Gasteiger partial charge < -0.3 is 15.1 Å². The second-order valence-electron chi connectivity index (χ2n) is 5.33. The van der Waals surface area contributed by atoms with Crippen molar-refractivity contribution in [3.63, 3.8) is 0 Å². The fourth-order valence-electron chi connectivity index (χ4n) is 2.70. The molecule has 1 atom stereocenters. The van der Waals surface area contributed by atoms with Crippen LogP contribution >= 0.6 is 0 Å². The summed E-state index contributed by atoms with van der Waals surface area (Å²) in [6, 6.07) is 3.79. The summed E-state index contributed by atoms with van der Waals surface area (Å²) in [4.78, 5) is 23.5. The standard InChI is InChI=1S/C14H18N2O5/c1-9(17)10-4-6-15(7-5-10)13-8-11(16(20)21)2-3-12(13)14(18)19/h2-3,8-10,17H,4-7H2,1H3,(H,18,19). The van der Waals surface area contributed by atoms with Gasteiger partial charge in [0.25, 0.3) is 5.69 Å². The number of carboxylic acids is 1. The number of nitrogens with zero attached hydrogens (tertiary/aromatic N) is 2. The minimum Gasteiger partial charge on any atom is -0.478 e. The lowest BCUT2D eigenvalue weighted by atomic mass is 9.91. The van der Waals surface area contributed by atoms with Gasteiger partial charge in [0.15, 0.2) is 0 Å². The van der Waals surface area contributed by atoms with E-state index in [1.807, 2.05) is 4.90 Å². The number of hydrogen-bond acceptors (Lipinski definition) is 5. The number of benzene rings is 1. The number of carboxylic acid groups (broad SMARTS) is 1. The van der Waals surface area contributed by atoms with Crippen molar-refractivity contribution in [1.82, 2.24) is 0 Å². The van der Waals surface area contributed by atoms with E-state index in [0.717, 1.165) is 12.8 Å². The molecule has 7 heteroatoms. The van der Waals surface area contributed by atoms with Crippen LogP contribution in [0.1, 0.15) is 30.1 Å². The summed E-state index contributed by atoms with van der Waals surface area (Å²) in [6.45, 7) is 2.91. The van der Waals surface area contributed by atoms with Gasteiger partial charge in [-0.3, -0.25) is 10.1 Å². The Labute approximate surface area is 122 Å². The van der Waals surface area contributed by atoms with Gasteiger partial charge in [0.05, 0.1) is 22.3 Å². The van der Waals surface area contributed by atoms with Crippen molar-refractivity contribution in [1.29, 1.82) is 0 Å². The van der Waals surface area contributed by atoms with Crippen molar-refractivity contribution >= 4 is 17.3 Å². The Kier molecular flexibility index (Phi) is 4.42. The number of nitro benzene ring substituents is 1. The third-order valence-electron chi connectivity index (χ3n) is 3.99. The summed E-state index contributed by atoms with van der Waals surface area (Å²) in [7, 11) is 0. The number of anilines is 1. The predicted octanol–water partition coefficient (Wildman–Crippen LogP) is 1.89. The highest BCUT2D eigenvalue weighted by molar-refractivity contribution is 5.95. The molecule has 1 saturated heterocycles. The van der Waals surface area contributed by atoms with E-state index in [9.17, 15) is 25.1 Å². The molecule has 1 heterocycles. The number of non-ortho nitro benzene ring substituents is 1. The maximum absolute atomic E-state index is 11.3. The van der Waals surface area contributed by atoms with Crippen LogP contribution in [-0.4, -0.2) is 40.3 Å². The van der Waals surface area contributed by atoms with Crippen LogP contribution in [-0.2, 0) is 0 Å². The number of hydrogen-bond donors (Lipinski definition) is 2. The summed E-state index contributed by atoms with van der Waals surface area (Å²) in [5, 5.41) is 29.7. The van der Waals surface area contributed by atoms with Crippen LogP contribution in [0.5, 0.6) is 0 Å². The van der Waals surface area contributed by atoms with Crippen LogP contribution in [0, 0.1) is 16.0 Å². The summed E-state index contributed by atoms with van der Waals surface area (Å²) >= 11 is 0. The molecule has 0 saturated carbocycles. The molecule has 0 amide bonds. The highest BCUT2D eigenvalue weighted by Gasteiger charge is 2.26. The van der Waals surface area contributed by atoms with E-state index in [1.165, 1.54) is 18.2 Å². The van der Waals surface area contributed by atoms with Gasteiger partial charge in [-0.15, -0.1) is 0 Å². The molecule has 0 spiro atoms. The van der Waals surface area contributed by atoms with Crippen molar-refractivity contribution in [2.24, 2.45) is 5.92 Å². The average molecular weight is 294 g/mol. The Morgan fingerprint density at radius 1 is 1.43 bits per heavy atom. The fourth-order valence-corrected chi connectivity index (χ4v) is 2.70. The van der Waals surface area contributed by atoms with Crippen molar-refractivity contribution in [3.05, 3.63) is 33.9 Å². The smallest absolute Gasteiger partial charge is 0.337 e. The van der Waals surface area contributed by atoms with Crippen LogP contribution in [0.15, 0.2) is 18.2 Å². The SMILES string of the molecule is CC(O)C1CCN(c2cc([N+](=O)[O-])ccc2C(=O)O)CC1. The number of piperidine rings is 1. The molecule has 21 heavy (non-hydrogen) atoms.